The molecule has 0 aromatic heterocycles. The van der Waals surface area contributed by atoms with E-state index in [2.05, 4.69) is 0 Å². The molecule has 0 heterocycles. The van der Waals surface area contributed by atoms with Gasteiger partial charge in [-0.2, -0.15) is 0 Å². The van der Waals surface area contributed by atoms with Gasteiger partial charge < -0.3 is 14.9 Å². The van der Waals surface area contributed by atoms with Crippen molar-refractivity contribution in [2.24, 2.45) is 0 Å². The lowest BCUT2D eigenvalue weighted by molar-refractivity contribution is -0.144. The van der Waals surface area contributed by atoms with E-state index in [1.165, 1.54) is 6.92 Å². The molecule has 0 unspecified atom stereocenters. The summed E-state index contributed by atoms with van der Waals surface area (Å²) in [4.78, 5) is 11.0. The largest absolute Gasteiger partial charge is 0.507 e. The van der Waals surface area contributed by atoms with Gasteiger partial charge in [-0.15, -0.1) is 0 Å². The zero-order valence-corrected chi connectivity index (χ0v) is 13.9. The summed E-state index contributed by atoms with van der Waals surface area (Å²) in [7, 11) is 0. The van der Waals surface area contributed by atoms with Gasteiger partial charge in [-0.3, -0.25) is 0 Å². The van der Waals surface area contributed by atoms with E-state index in [1.807, 2.05) is 41.5 Å². The molecule has 0 bridgehead atoms. The van der Waals surface area contributed by atoms with Crippen molar-refractivity contribution in [1.29, 1.82) is 0 Å². The van der Waals surface area contributed by atoms with Crippen LogP contribution >= 0.6 is 0 Å². The number of phenolic OH excluding ortho intramolecular Hbond substituents is 1. The number of aromatic hydroxyl groups is 1. The summed E-state index contributed by atoms with van der Waals surface area (Å²) in [6.07, 6.45) is -0.935. The molecule has 4 heteroatoms. The van der Waals surface area contributed by atoms with Gasteiger partial charge in [0.25, 0.3) is 0 Å². The number of benzene rings is 1. The molecular weight excluding hydrogens is 268 g/mol. The minimum Gasteiger partial charge on any atom is -0.507 e. The van der Waals surface area contributed by atoms with E-state index in [4.69, 9.17) is 9.84 Å². The predicted octanol–water partition coefficient (Wildman–Crippen LogP) is 3.84. The summed E-state index contributed by atoms with van der Waals surface area (Å²) in [6, 6.07) is 3.45. The average molecular weight is 294 g/mol. The number of aliphatic carboxylic acids is 1. The van der Waals surface area contributed by atoms with E-state index >= 15 is 0 Å². The normalized spacial score (nSPS) is 13.9. The number of phenols is 1. The fourth-order valence-electron chi connectivity index (χ4n) is 2.07. The Morgan fingerprint density at radius 1 is 1.05 bits per heavy atom. The van der Waals surface area contributed by atoms with Crippen LogP contribution in [-0.4, -0.2) is 22.3 Å². The SMILES string of the molecule is C[C@@H](Oc1cc(C(C)(C)C)c(O)c(C(C)(C)C)c1)C(=O)O. The Kier molecular flexibility index (Phi) is 4.61. The van der Waals surface area contributed by atoms with Crippen molar-refractivity contribution in [3.63, 3.8) is 0 Å². The van der Waals surface area contributed by atoms with E-state index < -0.39 is 12.1 Å². The molecule has 118 valence electrons. The number of hydrogen-bond donors (Lipinski definition) is 2. The van der Waals surface area contributed by atoms with Crippen molar-refractivity contribution in [3.8, 4) is 11.5 Å². The first kappa shape index (κ1) is 17.3. The van der Waals surface area contributed by atoms with Gasteiger partial charge in [0.2, 0.25) is 0 Å². The molecule has 21 heavy (non-hydrogen) atoms. The van der Waals surface area contributed by atoms with E-state index in [-0.39, 0.29) is 16.6 Å². The second kappa shape index (κ2) is 5.58. The smallest absolute Gasteiger partial charge is 0.344 e. The van der Waals surface area contributed by atoms with E-state index in [0.717, 1.165) is 11.1 Å². The maximum absolute atomic E-state index is 11.0. The molecule has 0 aliphatic heterocycles. The molecule has 0 fully saturated rings. The topological polar surface area (TPSA) is 66.8 Å². The summed E-state index contributed by atoms with van der Waals surface area (Å²) >= 11 is 0. The Labute approximate surface area is 126 Å². The highest BCUT2D eigenvalue weighted by Gasteiger charge is 2.27. The van der Waals surface area contributed by atoms with Crippen LogP contribution in [0.4, 0.5) is 0 Å². The van der Waals surface area contributed by atoms with Gasteiger partial charge in [-0.05, 0) is 29.9 Å². The van der Waals surface area contributed by atoms with Crippen molar-refractivity contribution < 1.29 is 19.7 Å². The standard InChI is InChI=1S/C17H26O4/c1-10(15(19)20)21-11-8-12(16(2,3)4)14(18)13(9-11)17(5,6)7/h8-10,18H,1-7H3,(H,19,20)/t10-/m1/s1. The molecule has 0 spiro atoms. The predicted molar refractivity (Wildman–Crippen MR) is 83.2 cm³/mol. The fraction of sp³-hybridized carbons (Fsp3) is 0.588. The van der Waals surface area contributed by atoms with E-state index in [9.17, 15) is 9.90 Å². The molecular formula is C17H26O4. The number of carboxylic acids is 1. The van der Waals surface area contributed by atoms with Crippen molar-refractivity contribution in [2.75, 3.05) is 0 Å². The van der Waals surface area contributed by atoms with Crippen LogP contribution in [0.25, 0.3) is 0 Å². The maximum atomic E-state index is 11.0. The van der Waals surface area contributed by atoms with Crippen LogP contribution in [0, 0.1) is 0 Å². The monoisotopic (exact) mass is 294 g/mol. The molecule has 4 nitrogen and oxygen atoms in total. The molecule has 1 rings (SSSR count). The van der Waals surface area contributed by atoms with Gasteiger partial charge >= 0.3 is 5.97 Å². The number of carbonyl (C=O) groups is 1. The zero-order valence-electron chi connectivity index (χ0n) is 13.9. The molecule has 0 saturated heterocycles. The molecule has 2 N–H and O–H groups in total. The average Bonchev–Trinajstić information content (AvgIpc) is 2.27. The van der Waals surface area contributed by atoms with E-state index in [0.29, 0.717) is 5.75 Å². The lowest BCUT2D eigenvalue weighted by Gasteiger charge is -2.28. The second-order valence-electron chi connectivity index (χ2n) is 7.47. The Morgan fingerprint density at radius 3 is 1.71 bits per heavy atom. The van der Waals surface area contributed by atoms with Gasteiger partial charge in [0, 0.05) is 11.1 Å². The van der Waals surface area contributed by atoms with Gasteiger partial charge in [0.15, 0.2) is 6.10 Å². The van der Waals surface area contributed by atoms with Crippen LogP contribution in [0.15, 0.2) is 12.1 Å². The van der Waals surface area contributed by atoms with Crippen molar-refractivity contribution in [1.82, 2.24) is 0 Å². The third-order valence-electron chi connectivity index (χ3n) is 3.36. The first-order chi connectivity index (χ1) is 9.34. The molecule has 0 amide bonds. The second-order valence-corrected chi connectivity index (χ2v) is 7.47. The van der Waals surface area contributed by atoms with Crippen LogP contribution in [0.3, 0.4) is 0 Å². The number of rotatable bonds is 3. The van der Waals surface area contributed by atoms with Gasteiger partial charge in [0.1, 0.15) is 11.5 Å². The van der Waals surface area contributed by atoms with Gasteiger partial charge in [-0.1, -0.05) is 41.5 Å². The molecule has 1 atom stereocenters. The summed E-state index contributed by atoms with van der Waals surface area (Å²) in [5.41, 5.74) is 0.969. The first-order valence-corrected chi connectivity index (χ1v) is 7.11. The van der Waals surface area contributed by atoms with E-state index in [1.54, 1.807) is 12.1 Å². The van der Waals surface area contributed by atoms with Crippen molar-refractivity contribution in [3.05, 3.63) is 23.3 Å². The third-order valence-corrected chi connectivity index (χ3v) is 3.36. The van der Waals surface area contributed by atoms with Gasteiger partial charge in [0.05, 0.1) is 0 Å². The Morgan fingerprint density at radius 2 is 1.43 bits per heavy atom. The van der Waals surface area contributed by atoms with Crippen molar-refractivity contribution in [2.45, 2.75) is 65.4 Å². The van der Waals surface area contributed by atoms with Gasteiger partial charge in [-0.25, -0.2) is 4.79 Å². The summed E-state index contributed by atoms with van der Waals surface area (Å²) in [5.74, 6) is -0.291. The number of hydrogen-bond acceptors (Lipinski definition) is 3. The minimum atomic E-state index is -1.02. The highest BCUT2D eigenvalue weighted by atomic mass is 16.5. The quantitative estimate of drug-likeness (QED) is 0.889. The van der Waals surface area contributed by atoms with Crippen LogP contribution in [-0.2, 0) is 15.6 Å². The summed E-state index contributed by atoms with van der Waals surface area (Å²) in [5, 5.41) is 19.5. The molecule has 0 radical (unpaired) electrons. The molecule has 1 aromatic rings. The summed E-state index contributed by atoms with van der Waals surface area (Å²) in [6.45, 7) is 13.5. The van der Waals surface area contributed by atoms with Crippen LogP contribution in [0.5, 0.6) is 11.5 Å². The maximum Gasteiger partial charge on any atom is 0.344 e. The first-order valence-electron chi connectivity index (χ1n) is 7.11. The zero-order chi connectivity index (χ0) is 16.6. The molecule has 1 aromatic carbocycles. The third kappa shape index (κ3) is 4.13. The highest BCUT2D eigenvalue weighted by molar-refractivity contribution is 5.72. The van der Waals surface area contributed by atoms with Crippen LogP contribution in [0.2, 0.25) is 0 Å². The van der Waals surface area contributed by atoms with Crippen LogP contribution in [0.1, 0.15) is 59.6 Å². The summed E-state index contributed by atoms with van der Waals surface area (Å²) < 4.78 is 5.49. The van der Waals surface area contributed by atoms with Crippen LogP contribution < -0.4 is 4.74 Å². The Bertz CT molecular complexity index is 498. The lowest BCUT2D eigenvalue weighted by Crippen LogP contribution is -2.24. The Hall–Kier alpha value is -1.71. The number of carboxylic acid groups (broad SMARTS) is 1. The molecule has 0 saturated carbocycles. The molecule has 0 aliphatic carbocycles. The number of ether oxygens (including phenoxy) is 1. The molecule has 0 aliphatic rings. The lowest BCUT2D eigenvalue weighted by atomic mass is 9.79. The van der Waals surface area contributed by atoms with Crippen molar-refractivity contribution >= 4 is 5.97 Å². The minimum absolute atomic E-state index is 0.255. The highest BCUT2D eigenvalue weighted by Crippen LogP contribution is 2.41. The fourth-order valence-corrected chi connectivity index (χ4v) is 2.07. The Balaban J connectivity index is 3.44.